The minimum absolute atomic E-state index is 0.214. The first-order valence-electron chi connectivity index (χ1n) is 7.09. The largest absolute Gasteiger partial charge is 0.573 e. The molecule has 0 radical (unpaired) electrons. The van der Waals surface area contributed by atoms with Crippen molar-refractivity contribution < 1.29 is 17.9 Å². The first-order valence-corrected chi connectivity index (χ1v) is 7.09. The molecule has 116 valence electrons. The molecule has 0 bridgehead atoms. The summed E-state index contributed by atoms with van der Waals surface area (Å²) in [6.45, 7) is 2.14. The van der Waals surface area contributed by atoms with Crippen molar-refractivity contribution in [3.05, 3.63) is 65.2 Å². The average Bonchev–Trinajstić information content (AvgIpc) is 2.47. The minimum atomic E-state index is -4.66. The van der Waals surface area contributed by atoms with Gasteiger partial charge in [0.15, 0.2) is 0 Å². The van der Waals surface area contributed by atoms with Crippen molar-refractivity contribution in [3.8, 4) is 5.75 Å². The predicted octanol–water partition coefficient (Wildman–Crippen LogP) is 5.71. The molecule has 0 unspecified atom stereocenters. The van der Waals surface area contributed by atoms with Crippen LogP contribution in [0.15, 0.2) is 48.5 Å². The zero-order valence-corrected chi connectivity index (χ0v) is 12.2. The Morgan fingerprint density at radius 3 is 1.82 bits per heavy atom. The number of ether oxygens (including phenoxy) is 1. The van der Waals surface area contributed by atoms with E-state index in [1.165, 1.54) is 17.7 Å². The number of aryl methyl sites for hydroxylation is 1. The average molecular weight is 306 g/mol. The van der Waals surface area contributed by atoms with E-state index in [1.807, 2.05) is 24.3 Å². The van der Waals surface area contributed by atoms with Crippen LogP contribution in [0.25, 0.3) is 12.2 Å². The highest BCUT2D eigenvalue weighted by Crippen LogP contribution is 2.23. The van der Waals surface area contributed by atoms with E-state index in [0.29, 0.717) is 0 Å². The third-order valence-electron chi connectivity index (χ3n) is 3.10. The minimum Gasteiger partial charge on any atom is -0.406 e. The van der Waals surface area contributed by atoms with Crippen molar-refractivity contribution in [2.24, 2.45) is 0 Å². The van der Waals surface area contributed by atoms with E-state index < -0.39 is 6.36 Å². The van der Waals surface area contributed by atoms with Crippen molar-refractivity contribution in [1.82, 2.24) is 0 Å². The maximum absolute atomic E-state index is 12.1. The van der Waals surface area contributed by atoms with E-state index in [0.717, 1.165) is 24.0 Å². The first kappa shape index (κ1) is 16.1. The molecule has 0 saturated carbocycles. The fraction of sp³-hybridized carbons (Fsp3) is 0.222. The second kappa shape index (κ2) is 7.16. The number of benzene rings is 2. The Hall–Kier alpha value is -2.23. The lowest BCUT2D eigenvalue weighted by molar-refractivity contribution is -0.274. The molecular weight excluding hydrogens is 289 g/mol. The molecule has 2 aromatic carbocycles. The SMILES string of the molecule is CCCc1ccc(/C=C/c2ccc(OC(F)(F)F)cc2)cc1. The molecule has 0 N–H and O–H groups in total. The predicted molar refractivity (Wildman–Crippen MR) is 82.5 cm³/mol. The zero-order valence-electron chi connectivity index (χ0n) is 12.2. The summed E-state index contributed by atoms with van der Waals surface area (Å²) in [4.78, 5) is 0. The van der Waals surface area contributed by atoms with Crippen LogP contribution in [0.3, 0.4) is 0 Å². The number of hydrogen-bond acceptors (Lipinski definition) is 1. The Morgan fingerprint density at radius 2 is 1.36 bits per heavy atom. The van der Waals surface area contributed by atoms with Gasteiger partial charge in [0.05, 0.1) is 0 Å². The van der Waals surface area contributed by atoms with Crippen molar-refractivity contribution in [2.75, 3.05) is 0 Å². The maximum Gasteiger partial charge on any atom is 0.573 e. The van der Waals surface area contributed by atoms with Crippen molar-refractivity contribution in [3.63, 3.8) is 0 Å². The molecule has 0 spiro atoms. The standard InChI is InChI=1S/C18H17F3O/c1-2-3-14-4-6-15(7-5-14)8-9-16-10-12-17(13-11-16)22-18(19,20)21/h4-13H,2-3H2,1H3/b9-8+. The van der Waals surface area contributed by atoms with Gasteiger partial charge < -0.3 is 4.74 Å². The fourth-order valence-electron chi connectivity index (χ4n) is 2.06. The van der Waals surface area contributed by atoms with Gasteiger partial charge in [-0.25, -0.2) is 0 Å². The van der Waals surface area contributed by atoms with Gasteiger partial charge in [0.25, 0.3) is 0 Å². The van der Waals surface area contributed by atoms with Gasteiger partial charge >= 0.3 is 6.36 Å². The van der Waals surface area contributed by atoms with Gasteiger partial charge in [0.1, 0.15) is 5.75 Å². The van der Waals surface area contributed by atoms with E-state index in [4.69, 9.17) is 0 Å². The van der Waals surface area contributed by atoms with Crippen LogP contribution in [-0.2, 0) is 6.42 Å². The van der Waals surface area contributed by atoms with Gasteiger partial charge in [0, 0.05) is 0 Å². The molecule has 22 heavy (non-hydrogen) atoms. The first-order chi connectivity index (χ1) is 10.5. The van der Waals surface area contributed by atoms with Crippen molar-refractivity contribution >= 4 is 12.2 Å². The molecular formula is C18H17F3O. The molecule has 1 nitrogen and oxygen atoms in total. The molecule has 0 fully saturated rings. The third kappa shape index (κ3) is 5.28. The summed E-state index contributed by atoms with van der Waals surface area (Å²) < 4.78 is 40.0. The highest BCUT2D eigenvalue weighted by atomic mass is 19.4. The van der Waals surface area contributed by atoms with E-state index in [-0.39, 0.29) is 5.75 Å². The Morgan fingerprint density at radius 1 is 0.864 bits per heavy atom. The number of rotatable bonds is 5. The molecule has 0 aromatic heterocycles. The summed E-state index contributed by atoms with van der Waals surface area (Å²) in [5.74, 6) is -0.214. The number of halogens is 3. The van der Waals surface area contributed by atoms with Crippen LogP contribution < -0.4 is 4.74 Å². The Labute approximate surface area is 128 Å². The van der Waals surface area contributed by atoms with Crippen molar-refractivity contribution in [1.29, 1.82) is 0 Å². The van der Waals surface area contributed by atoms with Gasteiger partial charge in [-0.3, -0.25) is 0 Å². The highest BCUT2D eigenvalue weighted by molar-refractivity contribution is 5.69. The summed E-state index contributed by atoms with van der Waals surface area (Å²) in [6, 6.07) is 14.0. The van der Waals surface area contributed by atoms with Crippen LogP contribution in [0, 0.1) is 0 Å². The molecule has 0 aliphatic rings. The Bertz CT molecular complexity index is 610. The van der Waals surface area contributed by atoms with Crippen LogP contribution in [-0.4, -0.2) is 6.36 Å². The molecule has 0 amide bonds. The summed E-state index contributed by atoms with van der Waals surface area (Å²) in [6.07, 6.45) is 1.30. The zero-order chi connectivity index (χ0) is 16.0. The Balaban J connectivity index is 2.00. The third-order valence-corrected chi connectivity index (χ3v) is 3.10. The monoisotopic (exact) mass is 306 g/mol. The number of hydrogen-bond donors (Lipinski definition) is 0. The van der Waals surface area contributed by atoms with Crippen LogP contribution >= 0.6 is 0 Å². The van der Waals surface area contributed by atoms with E-state index in [2.05, 4.69) is 23.8 Å². The van der Waals surface area contributed by atoms with Crippen molar-refractivity contribution in [2.45, 2.75) is 26.1 Å². The lowest BCUT2D eigenvalue weighted by Crippen LogP contribution is -2.16. The topological polar surface area (TPSA) is 9.23 Å². The van der Waals surface area contributed by atoms with Crippen LogP contribution in [0.2, 0.25) is 0 Å². The van der Waals surface area contributed by atoms with Gasteiger partial charge in [0.2, 0.25) is 0 Å². The fourth-order valence-corrected chi connectivity index (χ4v) is 2.06. The van der Waals surface area contributed by atoms with Gasteiger partial charge in [-0.05, 0) is 35.2 Å². The van der Waals surface area contributed by atoms with Gasteiger partial charge in [-0.15, -0.1) is 13.2 Å². The summed E-state index contributed by atoms with van der Waals surface area (Å²) in [5, 5.41) is 0. The van der Waals surface area contributed by atoms with E-state index >= 15 is 0 Å². The summed E-state index contributed by atoms with van der Waals surface area (Å²) >= 11 is 0. The molecule has 0 saturated heterocycles. The van der Waals surface area contributed by atoms with Crippen LogP contribution in [0.4, 0.5) is 13.2 Å². The smallest absolute Gasteiger partial charge is 0.406 e. The molecule has 0 aliphatic carbocycles. The molecule has 2 aromatic rings. The normalized spacial score (nSPS) is 11.8. The van der Waals surface area contributed by atoms with Gasteiger partial charge in [-0.1, -0.05) is 61.9 Å². The van der Waals surface area contributed by atoms with Crippen LogP contribution in [0.1, 0.15) is 30.0 Å². The second-order valence-corrected chi connectivity index (χ2v) is 4.94. The number of alkyl halides is 3. The quantitative estimate of drug-likeness (QED) is 0.643. The maximum atomic E-state index is 12.1. The lowest BCUT2D eigenvalue weighted by atomic mass is 10.1. The molecule has 0 atom stereocenters. The summed E-state index contributed by atoms with van der Waals surface area (Å²) in [5.41, 5.74) is 3.16. The van der Waals surface area contributed by atoms with Gasteiger partial charge in [-0.2, -0.15) is 0 Å². The van der Waals surface area contributed by atoms with E-state index in [9.17, 15) is 13.2 Å². The second-order valence-electron chi connectivity index (χ2n) is 4.94. The molecule has 2 rings (SSSR count). The molecule has 4 heteroatoms. The summed E-state index contributed by atoms with van der Waals surface area (Å²) in [7, 11) is 0. The lowest BCUT2D eigenvalue weighted by Gasteiger charge is -2.08. The highest BCUT2D eigenvalue weighted by Gasteiger charge is 2.30. The molecule has 0 aliphatic heterocycles. The van der Waals surface area contributed by atoms with Crippen LogP contribution in [0.5, 0.6) is 5.75 Å². The molecule has 0 heterocycles. The van der Waals surface area contributed by atoms with E-state index in [1.54, 1.807) is 12.1 Å². The Kier molecular flexibility index (Phi) is 5.26.